The normalized spacial score (nSPS) is 19.6. The van der Waals surface area contributed by atoms with E-state index in [9.17, 15) is 9.59 Å². The molecule has 0 aliphatic carbocycles. The fourth-order valence-electron chi connectivity index (χ4n) is 4.82. The van der Waals surface area contributed by atoms with Gasteiger partial charge in [0.25, 0.3) is 5.91 Å². The van der Waals surface area contributed by atoms with Gasteiger partial charge in [-0.15, -0.1) is 11.3 Å². The van der Waals surface area contributed by atoms with Gasteiger partial charge in [-0.1, -0.05) is 6.07 Å². The number of thiophene rings is 1. The van der Waals surface area contributed by atoms with Crippen LogP contribution in [0.1, 0.15) is 53.8 Å². The van der Waals surface area contributed by atoms with E-state index in [0.717, 1.165) is 67.0 Å². The van der Waals surface area contributed by atoms with Crippen molar-refractivity contribution in [3.8, 4) is 0 Å². The Kier molecular flexibility index (Phi) is 5.88. The second-order valence-corrected chi connectivity index (χ2v) is 9.45. The predicted octanol–water partition coefficient (Wildman–Crippen LogP) is 3.19. The molecule has 2 aromatic heterocycles. The summed E-state index contributed by atoms with van der Waals surface area (Å²) in [7, 11) is 3.64. The maximum absolute atomic E-state index is 12.8. The molecule has 2 aliphatic heterocycles. The maximum Gasteiger partial charge on any atom is 0.263 e. The van der Waals surface area contributed by atoms with Crippen molar-refractivity contribution >= 4 is 33.4 Å². The van der Waals surface area contributed by atoms with Crippen LogP contribution in [-0.4, -0.2) is 77.8 Å². The molecule has 0 radical (unpaired) electrons. The van der Waals surface area contributed by atoms with Crippen LogP contribution in [0, 0.1) is 0 Å². The lowest BCUT2D eigenvalue weighted by atomic mass is 9.86. The molecule has 4 rings (SSSR count). The highest BCUT2D eigenvalue weighted by atomic mass is 32.1. The third-order valence-corrected chi connectivity index (χ3v) is 7.59. The number of hydrogen-bond donors (Lipinski definition) is 0. The zero-order valence-corrected chi connectivity index (χ0v) is 18.4. The highest BCUT2D eigenvalue weighted by molar-refractivity contribution is 7.20. The molecule has 6 nitrogen and oxygen atoms in total. The van der Waals surface area contributed by atoms with E-state index in [1.807, 2.05) is 31.3 Å². The van der Waals surface area contributed by atoms with Gasteiger partial charge in [0.05, 0.1) is 4.88 Å². The minimum atomic E-state index is 0.0852. The minimum Gasteiger partial charge on any atom is -0.344 e. The molecule has 2 fully saturated rings. The molecule has 2 aromatic rings. The van der Waals surface area contributed by atoms with Gasteiger partial charge >= 0.3 is 0 Å². The van der Waals surface area contributed by atoms with E-state index in [4.69, 9.17) is 0 Å². The summed E-state index contributed by atoms with van der Waals surface area (Å²) in [6.07, 6.45) is 6.09. The number of piperidine rings is 2. The summed E-state index contributed by atoms with van der Waals surface area (Å²) in [5.41, 5.74) is 1.21. The van der Waals surface area contributed by atoms with Gasteiger partial charge in [0.1, 0.15) is 4.83 Å². The first-order valence-electron chi connectivity index (χ1n) is 10.5. The summed E-state index contributed by atoms with van der Waals surface area (Å²) in [5.74, 6) is 0.681. The molecule has 0 N–H and O–H groups in total. The van der Waals surface area contributed by atoms with Crippen molar-refractivity contribution in [2.45, 2.75) is 44.6 Å². The molecule has 4 heterocycles. The van der Waals surface area contributed by atoms with Crippen molar-refractivity contribution in [2.75, 3.05) is 40.3 Å². The van der Waals surface area contributed by atoms with E-state index in [0.29, 0.717) is 12.0 Å². The van der Waals surface area contributed by atoms with E-state index >= 15 is 0 Å². The van der Waals surface area contributed by atoms with Crippen molar-refractivity contribution in [3.63, 3.8) is 0 Å². The second-order valence-electron chi connectivity index (χ2n) is 8.45. The van der Waals surface area contributed by atoms with E-state index in [-0.39, 0.29) is 11.8 Å². The summed E-state index contributed by atoms with van der Waals surface area (Å²) in [5, 5.41) is 1.15. The van der Waals surface area contributed by atoms with Crippen LogP contribution in [-0.2, 0) is 4.79 Å². The molecule has 2 aliphatic rings. The number of carbonyl (C=O) groups excluding carboxylic acids is 2. The van der Waals surface area contributed by atoms with Gasteiger partial charge in [-0.3, -0.25) is 9.59 Å². The Morgan fingerprint density at radius 3 is 2.41 bits per heavy atom. The molecule has 0 saturated carbocycles. The Balaban J connectivity index is 1.49. The summed E-state index contributed by atoms with van der Waals surface area (Å²) in [6, 6.07) is 4.67. The van der Waals surface area contributed by atoms with Crippen molar-refractivity contribution in [1.82, 2.24) is 19.7 Å². The van der Waals surface area contributed by atoms with Crippen molar-refractivity contribution in [3.05, 3.63) is 28.8 Å². The standard InChI is InChI=1S/C22H30N4O2S/c1-15(27)25-13-8-17(9-14-25)26-11-6-16(7-12-26)19-18-5-4-10-23-21(18)29-20(19)22(28)24(2)3/h4-5,10,16-17H,6-9,11-14H2,1-3H3. The molecular formula is C22H30N4O2S. The lowest BCUT2D eigenvalue weighted by Gasteiger charge is -2.41. The molecule has 0 bridgehead atoms. The monoisotopic (exact) mass is 414 g/mol. The molecule has 0 aromatic carbocycles. The van der Waals surface area contributed by atoms with Crippen LogP contribution in [0.5, 0.6) is 0 Å². The van der Waals surface area contributed by atoms with Gasteiger partial charge in [-0.2, -0.15) is 0 Å². The number of aromatic nitrogens is 1. The summed E-state index contributed by atoms with van der Waals surface area (Å²) >= 11 is 1.53. The topological polar surface area (TPSA) is 56.8 Å². The molecule has 29 heavy (non-hydrogen) atoms. The second kappa shape index (κ2) is 8.40. The lowest BCUT2D eigenvalue weighted by molar-refractivity contribution is -0.130. The van der Waals surface area contributed by atoms with Crippen LogP contribution in [0.25, 0.3) is 10.2 Å². The van der Waals surface area contributed by atoms with Gasteiger partial charge < -0.3 is 14.7 Å². The van der Waals surface area contributed by atoms with Crippen LogP contribution in [0.15, 0.2) is 18.3 Å². The van der Waals surface area contributed by atoms with Crippen LogP contribution in [0.4, 0.5) is 0 Å². The molecular weight excluding hydrogens is 384 g/mol. The van der Waals surface area contributed by atoms with Crippen LogP contribution in [0.3, 0.4) is 0 Å². The van der Waals surface area contributed by atoms with E-state index in [1.165, 1.54) is 16.9 Å². The fourth-order valence-corrected chi connectivity index (χ4v) is 6.07. The molecule has 7 heteroatoms. The van der Waals surface area contributed by atoms with Crippen LogP contribution in [0.2, 0.25) is 0 Å². The largest absolute Gasteiger partial charge is 0.344 e. The third kappa shape index (κ3) is 4.03. The zero-order valence-electron chi connectivity index (χ0n) is 17.6. The van der Waals surface area contributed by atoms with E-state index in [2.05, 4.69) is 16.0 Å². The first kappa shape index (κ1) is 20.3. The Bertz CT molecular complexity index is 893. The Labute approximate surface area is 176 Å². The molecule has 0 spiro atoms. The number of likely N-dealkylation sites (tertiary alicyclic amines) is 2. The maximum atomic E-state index is 12.8. The Hall–Kier alpha value is -1.99. The number of pyridine rings is 1. The summed E-state index contributed by atoms with van der Waals surface area (Å²) in [4.78, 5) is 37.0. The fraction of sp³-hybridized carbons (Fsp3) is 0.591. The van der Waals surface area contributed by atoms with Gasteiger partial charge in [0.2, 0.25) is 5.91 Å². The number of hydrogen-bond acceptors (Lipinski definition) is 5. The quantitative estimate of drug-likeness (QED) is 0.774. The van der Waals surface area contributed by atoms with Gasteiger partial charge in [0.15, 0.2) is 0 Å². The van der Waals surface area contributed by atoms with Gasteiger partial charge in [-0.25, -0.2) is 4.98 Å². The highest BCUT2D eigenvalue weighted by Crippen LogP contribution is 2.40. The lowest BCUT2D eigenvalue weighted by Crippen LogP contribution is -2.48. The van der Waals surface area contributed by atoms with Crippen LogP contribution >= 0.6 is 11.3 Å². The average Bonchev–Trinajstić information content (AvgIpc) is 3.12. The third-order valence-electron chi connectivity index (χ3n) is 6.47. The highest BCUT2D eigenvalue weighted by Gasteiger charge is 2.32. The van der Waals surface area contributed by atoms with Crippen molar-refractivity contribution < 1.29 is 9.59 Å². The SMILES string of the molecule is CC(=O)N1CCC(N2CCC(c3c(C(=O)N(C)C)sc4ncccc34)CC2)CC1. The molecule has 0 unspecified atom stereocenters. The number of amides is 2. The van der Waals surface area contributed by atoms with E-state index < -0.39 is 0 Å². The first-order valence-corrected chi connectivity index (χ1v) is 11.4. The smallest absolute Gasteiger partial charge is 0.263 e. The van der Waals surface area contributed by atoms with E-state index in [1.54, 1.807) is 11.8 Å². The number of carbonyl (C=O) groups is 2. The molecule has 2 saturated heterocycles. The molecule has 2 amide bonds. The Morgan fingerprint density at radius 2 is 1.79 bits per heavy atom. The number of fused-ring (bicyclic) bond motifs is 1. The van der Waals surface area contributed by atoms with Crippen molar-refractivity contribution in [1.29, 1.82) is 0 Å². The van der Waals surface area contributed by atoms with Gasteiger partial charge in [0, 0.05) is 51.7 Å². The average molecular weight is 415 g/mol. The van der Waals surface area contributed by atoms with Crippen LogP contribution < -0.4 is 0 Å². The zero-order chi connectivity index (χ0) is 20.5. The number of rotatable bonds is 3. The summed E-state index contributed by atoms with van der Waals surface area (Å²) < 4.78 is 0. The number of nitrogens with zero attached hydrogens (tertiary/aromatic N) is 4. The molecule has 0 atom stereocenters. The summed E-state index contributed by atoms with van der Waals surface area (Å²) in [6.45, 7) is 5.54. The molecule has 156 valence electrons. The minimum absolute atomic E-state index is 0.0852. The first-order chi connectivity index (χ1) is 14.0. The van der Waals surface area contributed by atoms with Gasteiger partial charge in [-0.05, 0) is 56.3 Å². The van der Waals surface area contributed by atoms with Crippen molar-refractivity contribution in [2.24, 2.45) is 0 Å². The predicted molar refractivity (Wildman–Crippen MR) is 116 cm³/mol. The Morgan fingerprint density at radius 1 is 1.10 bits per heavy atom.